The normalized spacial score (nSPS) is 12.0. The second kappa shape index (κ2) is 6.25. The van der Waals surface area contributed by atoms with Crippen LogP contribution in [0.5, 0.6) is 17.2 Å². The van der Waals surface area contributed by atoms with Gasteiger partial charge in [0.15, 0.2) is 0 Å². The third-order valence-corrected chi connectivity index (χ3v) is 3.40. The van der Waals surface area contributed by atoms with Crippen LogP contribution in [-0.4, -0.2) is 7.11 Å². The number of hydrogen-bond acceptors (Lipinski definition) is 3. The fourth-order valence-corrected chi connectivity index (χ4v) is 2.41. The van der Waals surface area contributed by atoms with E-state index in [1.54, 1.807) is 7.11 Å². The Kier molecular flexibility index (Phi) is 4.66. The molecule has 0 aliphatic carbocycles. The van der Waals surface area contributed by atoms with E-state index < -0.39 is 0 Å². The van der Waals surface area contributed by atoms with Gasteiger partial charge in [-0.2, -0.15) is 0 Å². The summed E-state index contributed by atoms with van der Waals surface area (Å²) in [5.74, 6) is 2.27. The van der Waals surface area contributed by atoms with Crippen molar-refractivity contribution in [2.24, 2.45) is 5.73 Å². The molecule has 0 amide bonds. The second-order valence-electron chi connectivity index (χ2n) is 4.22. The van der Waals surface area contributed by atoms with Crippen LogP contribution in [0, 0.1) is 3.57 Å². The average Bonchev–Trinajstić information content (AvgIpc) is 2.38. The maximum absolute atomic E-state index is 6.01. The highest BCUT2D eigenvalue weighted by molar-refractivity contribution is 14.1. The van der Waals surface area contributed by atoms with Gasteiger partial charge in [-0.25, -0.2) is 0 Å². The summed E-state index contributed by atoms with van der Waals surface area (Å²) in [5, 5.41) is 0. The van der Waals surface area contributed by atoms with Gasteiger partial charge in [-0.15, -0.1) is 0 Å². The molecule has 0 aliphatic heterocycles. The van der Waals surface area contributed by atoms with Crippen LogP contribution in [0.4, 0.5) is 0 Å². The summed E-state index contributed by atoms with van der Waals surface area (Å²) in [6.07, 6.45) is 0. The number of benzene rings is 2. The van der Waals surface area contributed by atoms with Crippen molar-refractivity contribution in [1.29, 1.82) is 0 Å². The van der Waals surface area contributed by atoms with E-state index in [2.05, 4.69) is 22.6 Å². The highest BCUT2D eigenvalue weighted by Crippen LogP contribution is 2.35. The Labute approximate surface area is 126 Å². The standard InChI is InChI=1S/C15H16INO2/c1-10(17)15-13(18-2)7-4-8-14(15)19-12-6-3-5-11(16)9-12/h3-10H,17H2,1-2H3/t10-/m1/s1. The maximum Gasteiger partial charge on any atom is 0.135 e. The van der Waals surface area contributed by atoms with Gasteiger partial charge in [-0.1, -0.05) is 12.1 Å². The van der Waals surface area contributed by atoms with Crippen molar-refractivity contribution in [2.45, 2.75) is 13.0 Å². The molecule has 2 aromatic rings. The summed E-state index contributed by atoms with van der Waals surface area (Å²) < 4.78 is 12.4. The first-order valence-electron chi connectivity index (χ1n) is 5.97. The largest absolute Gasteiger partial charge is 0.496 e. The molecule has 0 aliphatic rings. The molecule has 0 saturated heterocycles. The number of halogens is 1. The summed E-state index contributed by atoms with van der Waals surface area (Å²) >= 11 is 2.25. The van der Waals surface area contributed by atoms with Gasteiger partial charge in [0.2, 0.25) is 0 Å². The lowest BCUT2D eigenvalue weighted by atomic mass is 10.1. The third-order valence-electron chi connectivity index (χ3n) is 2.73. The van der Waals surface area contributed by atoms with Gasteiger partial charge in [-0.3, -0.25) is 0 Å². The number of hydrogen-bond donors (Lipinski definition) is 1. The number of nitrogens with two attached hydrogens (primary N) is 1. The Morgan fingerprint density at radius 1 is 1.11 bits per heavy atom. The molecule has 4 heteroatoms. The first-order chi connectivity index (χ1) is 9.11. The molecule has 2 rings (SSSR count). The molecule has 2 N–H and O–H groups in total. The first kappa shape index (κ1) is 14.1. The van der Waals surface area contributed by atoms with Gasteiger partial charge in [0, 0.05) is 9.61 Å². The predicted molar refractivity (Wildman–Crippen MR) is 84.8 cm³/mol. The van der Waals surface area contributed by atoms with Crippen molar-refractivity contribution in [2.75, 3.05) is 7.11 Å². The van der Waals surface area contributed by atoms with Gasteiger partial charge in [-0.05, 0) is 59.8 Å². The Hall–Kier alpha value is -1.27. The zero-order valence-electron chi connectivity index (χ0n) is 10.9. The van der Waals surface area contributed by atoms with Crippen LogP contribution in [-0.2, 0) is 0 Å². The summed E-state index contributed by atoms with van der Waals surface area (Å²) in [7, 11) is 1.64. The van der Waals surface area contributed by atoms with E-state index in [1.807, 2.05) is 49.4 Å². The van der Waals surface area contributed by atoms with Gasteiger partial charge < -0.3 is 15.2 Å². The van der Waals surface area contributed by atoms with E-state index >= 15 is 0 Å². The Bertz CT molecular complexity index is 570. The van der Waals surface area contributed by atoms with E-state index in [4.69, 9.17) is 15.2 Å². The van der Waals surface area contributed by atoms with Crippen molar-refractivity contribution in [3.05, 3.63) is 51.6 Å². The zero-order valence-corrected chi connectivity index (χ0v) is 13.0. The topological polar surface area (TPSA) is 44.5 Å². The van der Waals surface area contributed by atoms with Crippen LogP contribution in [0.25, 0.3) is 0 Å². The number of ether oxygens (including phenoxy) is 2. The Balaban J connectivity index is 2.39. The molecule has 3 nitrogen and oxygen atoms in total. The van der Waals surface area contributed by atoms with Crippen molar-refractivity contribution >= 4 is 22.6 Å². The van der Waals surface area contributed by atoms with Crippen molar-refractivity contribution < 1.29 is 9.47 Å². The molecule has 2 aromatic carbocycles. The molecule has 19 heavy (non-hydrogen) atoms. The van der Waals surface area contributed by atoms with Crippen LogP contribution in [0.15, 0.2) is 42.5 Å². The third kappa shape index (κ3) is 3.39. The van der Waals surface area contributed by atoms with Crippen molar-refractivity contribution in [3.63, 3.8) is 0 Å². The lowest BCUT2D eigenvalue weighted by Crippen LogP contribution is -2.08. The molecule has 0 spiro atoms. The van der Waals surface area contributed by atoms with Crippen LogP contribution in [0.1, 0.15) is 18.5 Å². The Morgan fingerprint density at radius 3 is 2.42 bits per heavy atom. The summed E-state index contributed by atoms with van der Waals surface area (Å²) in [6.45, 7) is 1.92. The summed E-state index contributed by atoms with van der Waals surface area (Å²) in [6, 6.07) is 13.4. The summed E-state index contributed by atoms with van der Waals surface area (Å²) in [5.41, 5.74) is 6.89. The molecular formula is C15H16INO2. The summed E-state index contributed by atoms with van der Waals surface area (Å²) in [4.78, 5) is 0. The molecule has 0 saturated carbocycles. The highest BCUT2D eigenvalue weighted by atomic mass is 127. The van der Waals surface area contributed by atoms with Crippen LogP contribution < -0.4 is 15.2 Å². The smallest absolute Gasteiger partial charge is 0.135 e. The SMILES string of the molecule is COc1cccc(Oc2cccc(I)c2)c1[C@@H](C)N. The lowest BCUT2D eigenvalue weighted by molar-refractivity contribution is 0.397. The fraction of sp³-hybridized carbons (Fsp3) is 0.200. The van der Waals surface area contributed by atoms with E-state index in [1.165, 1.54) is 0 Å². The van der Waals surface area contributed by atoms with Crippen LogP contribution in [0.2, 0.25) is 0 Å². The average molecular weight is 369 g/mol. The molecule has 100 valence electrons. The van der Waals surface area contributed by atoms with Gasteiger partial charge in [0.1, 0.15) is 17.2 Å². The molecule has 0 unspecified atom stereocenters. The minimum atomic E-state index is -0.158. The molecule has 1 atom stereocenters. The minimum absolute atomic E-state index is 0.158. The fourth-order valence-electron chi connectivity index (χ4n) is 1.90. The number of rotatable bonds is 4. The molecule has 0 heterocycles. The van der Waals surface area contributed by atoms with E-state index in [9.17, 15) is 0 Å². The van der Waals surface area contributed by atoms with Crippen molar-refractivity contribution in [1.82, 2.24) is 0 Å². The zero-order chi connectivity index (χ0) is 13.8. The van der Waals surface area contributed by atoms with E-state index in [0.717, 1.165) is 26.4 Å². The number of methoxy groups -OCH3 is 1. The van der Waals surface area contributed by atoms with E-state index in [-0.39, 0.29) is 6.04 Å². The molecule has 0 aromatic heterocycles. The quantitative estimate of drug-likeness (QED) is 0.825. The maximum atomic E-state index is 6.01. The highest BCUT2D eigenvalue weighted by Gasteiger charge is 2.14. The van der Waals surface area contributed by atoms with Gasteiger partial charge in [0.05, 0.1) is 12.7 Å². The predicted octanol–water partition coefficient (Wildman–Crippen LogP) is 4.11. The molecule has 0 bridgehead atoms. The van der Waals surface area contributed by atoms with Crippen molar-refractivity contribution in [3.8, 4) is 17.2 Å². The van der Waals surface area contributed by atoms with Crippen LogP contribution >= 0.6 is 22.6 Å². The lowest BCUT2D eigenvalue weighted by Gasteiger charge is -2.17. The minimum Gasteiger partial charge on any atom is -0.496 e. The monoisotopic (exact) mass is 369 g/mol. The molecule has 0 fully saturated rings. The van der Waals surface area contributed by atoms with Crippen LogP contribution in [0.3, 0.4) is 0 Å². The Morgan fingerprint density at radius 2 is 1.79 bits per heavy atom. The first-order valence-corrected chi connectivity index (χ1v) is 7.05. The van der Waals surface area contributed by atoms with E-state index in [0.29, 0.717) is 0 Å². The molecular weight excluding hydrogens is 353 g/mol. The second-order valence-corrected chi connectivity index (χ2v) is 5.47. The molecule has 0 radical (unpaired) electrons. The van der Waals surface area contributed by atoms with Gasteiger partial charge in [0.25, 0.3) is 0 Å². The van der Waals surface area contributed by atoms with Gasteiger partial charge >= 0.3 is 0 Å².